The second-order valence-corrected chi connectivity index (χ2v) is 8.57. The highest BCUT2D eigenvalue weighted by atomic mass is 16.5. The van der Waals surface area contributed by atoms with Gasteiger partial charge in [0.2, 0.25) is 5.78 Å². The molecule has 0 fully saturated rings. The SMILES string of the molecule is COC(=O)CCc1cccc(C(=O)c2cnc(-c3cccc(Oc4ccc5[nH]ccc5c4CN)c3)[nH]2)c1. The third kappa shape index (κ3) is 5.14. The van der Waals surface area contributed by atoms with E-state index in [1.165, 1.54) is 13.3 Å². The van der Waals surface area contributed by atoms with Gasteiger partial charge in [0.1, 0.15) is 23.0 Å². The summed E-state index contributed by atoms with van der Waals surface area (Å²) in [7, 11) is 1.36. The molecular formula is C29H26N4O4. The molecule has 186 valence electrons. The van der Waals surface area contributed by atoms with Gasteiger partial charge in [0.15, 0.2) is 0 Å². The number of ether oxygens (including phenoxy) is 2. The lowest BCUT2D eigenvalue weighted by Crippen LogP contribution is -2.05. The van der Waals surface area contributed by atoms with Crippen molar-refractivity contribution in [2.24, 2.45) is 5.73 Å². The van der Waals surface area contributed by atoms with Crippen LogP contribution in [0.3, 0.4) is 0 Å². The van der Waals surface area contributed by atoms with Crippen molar-refractivity contribution in [1.82, 2.24) is 15.0 Å². The fourth-order valence-corrected chi connectivity index (χ4v) is 4.27. The van der Waals surface area contributed by atoms with Gasteiger partial charge in [-0.15, -0.1) is 0 Å². The van der Waals surface area contributed by atoms with E-state index in [0.29, 0.717) is 41.5 Å². The molecule has 8 heteroatoms. The minimum Gasteiger partial charge on any atom is -0.469 e. The van der Waals surface area contributed by atoms with Gasteiger partial charge in [-0.1, -0.05) is 30.3 Å². The van der Waals surface area contributed by atoms with Crippen LogP contribution in [0, 0.1) is 0 Å². The first-order valence-electron chi connectivity index (χ1n) is 11.9. The van der Waals surface area contributed by atoms with E-state index in [4.69, 9.17) is 15.2 Å². The Balaban J connectivity index is 1.35. The molecule has 0 saturated carbocycles. The highest BCUT2D eigenvalue weighted by molar-refractivity contribution is 6.08. The van der Waals surface area contributed by atoms with Crippen LogP contribution in [0.2, 0.25) is 0 Å². The van der Waals surface area contributed by atoms with E-state index in [9.17, 15) is 9.59 Å². The molecule has 8 nitrogen and oxygen atoms in total. The maximum absolute atomic E-state index is 13.1. The number of nitrogens with zero attached hydrogens (tertiary/aromatic N) is 1. The number of carbonyl (C=O) groups excluding carboxylic acids is 2. The summed E-state index contributed by atoms with van der Waals surface area (Å²) in [5.41, 5.74) is 10.5. The molecule has 5 aromatic rings. The molecule has 2 aromatic heterocycles. The standard InChI is InChI=1S/C29H26N4O4/c1-36-27(34)11-8-18-4-2-5-19(14-18)28(35)25-17-32-29(33-25)20-6-3-7-21(15-20)37-26-10-9-24-22(12-13-31-24)23(26)16-30/h2-7,9-10,12-15,17,31H,8,11,16,30H2,1H3,(H,32,33). The van der Waals surface area contributed by atoms with Gasteiger partial charge in [-0.3, -0.25) is 9.59 Å². The highest BCUT2D eigenvalue weighted by Crippen LogP contribution is 2.32. The first-order valence-corrected chi connectivity index (χ1v) is 11.9. The maximum atomic E-state index is 13.1. The number of hydrogen-bond donors (Lipinski definition) is 3. The number of benzene rings is 3. The largest absolute Gasteiger partial charge is 0.469 e. The van der Waals surface area contributed by atoms with E-state index >= 15 is 0 Å². The minimum atomic E-state index is -0.287. The van der Waals surface area contributed by atoms with Crippen molar-refractivity contribution in [3.05, 3.63) is 102 Å². The smallest absolute Gasteiger partial charge is 0.305 e. The monoisotopic (exact) mass is 494 g/mol. The zero-order valence-corrected chi connectivity index (χ0v) is 20.3. The van der Waals surface area contributed by atoms with Gasteiger partial charge in [-0.05, 0) is 48.4 Å². The number of carbonyl (C=O) groups is 2. The molecular weight excluding hydrogens is 468 g/mol. The van der Waals surface area contributed by atoms with Gasteiger partial charge >= 0.3 is 5.97 Å². The van der Waals surface area contributed by atoms with Crippen LogP contribution in [0.5, 0.6) is 11.5 Å². The number of aryl methyl sites for hydroxylation is 1. The predicted octanol–water partition coefficient (Wildman–Crippen LogP) is 5.15. The number of aromatic nitrogens is 3. The fourth-order valence-electron chi connectivity index (χ4n) is 4.27. The van der Waals surface area contributed by atoms with Crippen LogP contribution in [0.25, 0.3) is 22.3 Å². The molecule has 0 spiro atoms. The lowest BCUT2D eigenvalue weighted by Gasteiger charge is -2.12. The third-order valence-electron chi connectivity index (χ3n) is 6.20. The summed E-state index contributed by atoms with van der Waals surface area (Å²) in [6.45, 7) is 0.345. The summed E-state index contributed by atoms with van der Waals surface area (Å²) in [5, 5.41) is 1.03. The van der Waals surface area contributed by atoms with Crippen LogP contribution in [-0.4, -0.2) is 33.8 Å². The third-order valence-corrected chi connectivity index (χ3v) is 6.20. The van der Waals surface area contributed by atoms with Gasteiger partial charge in [0.25, 0.3) is 0 Å². The van der Waals surface area contributed by atoms with Crippen molar-refractivity contribution >= 4 is 22.7 Å². The Morgan fingerprint density at radius 2 is 1.89 bits per heavy atom. The van der Waals surface area contributed by atoms with Crippen molar-refractivity contribution in [2.45, 2.75) is 19.4 Å². The Bertz CT molecular complexity index is 1580. The van der Waals surface area contributed by atoms with Crippen molar-refractivity contribution in [1.29, 1.82) is 0 Å². The van der Waals surface area contributed by atoms with Crippen LogP contribution >= 0.6 is 0 Å². The summed E-state index contributed by atoms with van der Waals surface area (Å²) < 4.78 is 10.9. The average Bonchev–Trinajstić information content (AvgIpc) is 3.62. The molecule has 0 unspecified atom stereocenters. The normalized spacial score (nSPS) is 11.0. The van der Waals surface area contributed by atoms with Gasteiger partial charge in [0.05, 0.1) is 13.3 Å². The van der Waals surface area contributed by atoms with E-state index in [0.717, 1.165) is 27.6 Å². The molecule has 0 aliphatic heterocycles. The number of rotatable bonds is 9. The van der Waals surface area contributed by atoms with Gasteiger partial charge in [-0.2, -0.15) is 0 Å². The zero-order valence-electron chi connectivity index (χ0n) is 20.3. The number of nitrogens with two attached hydrogens (primary N) is 1. The molecule has 37 heavy (non-hydrogen) atoms. The maximum Gasteiger partial charge on any atom is 0.305 e. The molecule has 5 rings (SSSR count). The summed E-state index contributed by atoms with van der Waals surface area (Å²) in [6.07, 6.45) is 4.16. The second-order valence-electron chi connectivity index (χ2n) is 8.57. The lowest BCUT2D eigenvalue weighted by atomic mass is 10.0. The number of H-pyrrole nitrogens is 2. The Morgan fingerprint density at radius 3 is 2.73 bits per heavy atom. The van der Waals surface area contributed by atoms with Crippen molar-refractivity contribution in [3.63, 3.8) is 0 Å². The number of methoxy groups -OCH3 is 1. The van der Waals surface area contributed by atoms with E-state index in [1.807, 2.05) is 54.7 Å². The summed E-state index contributed by atoms with van der Waals surface area (Å²) in [5.74, 6) is 1.40. The van der Waals surface area contributed by atoms with Crippen molar-refractivity contribution in [3.8, 4) is 22.9 Å². The van der Waals surface area contributed by atoms with Crippen LogP contribution in [0.15, 0.2) is 79.1 Å². The highest BCUT2D eigenvalue weighted by Gasteiger charge is 2.15. The lowest BCUT2D eigenvalue weighted by molar-refractivity contribution is -0.140. The fraction of sp³-hybridized carbons (Fsp3) is 0.138. The topological polar surface area (TPSA) is 123 Å². The number of hydrogen-bond acceptors (Lipinski definition) is 6. The molecule has 4 N–H and O–H groups in total. The number of nitrogens with one attached hydrogen (secondary N) is 2. The van der Waals surface area contributed by atoms with E-state index < -0.39 is 0 Å². The molecule has 0 aliphatic carbocycles. The number of aromatic amines is 2. The van der Waals surface area contributed by atoms with Gasteiger partial charge in [0, 0.05) is 46.8 Å². The first kappa shape index (κ1) is 24.0. The van der Waals surface area contributed by atoms with E-state index in [-0.39, 0.29) is 18.2 Å². The molecule has 0 bridgehead atoms. The number of imidazole rings is 1. The molecule has 2 heterocycles. The van der Waals surface area contributed by atoms with Crippen molar-refractivity contribution < 1.29 is 19.1 Å². The number of fused-ring (bicyclic) bond motifs is 1. The molecule has 3 aromatic carbocycles. The summed E-state index contributed by atoms with van der Waals surface area (Å²) in [6, 6.07) is 20.6. The molecule has 0 radical (unpaired) electrons. The molecule has 0 atom stereocenters. The molecule has 0 aliphatic rings. The van der Waals surface area contributed by atoms with E-state index in [1.54, 1.807) is 18.2 Å². The van der Waals surface area contributed by atoms with Gasteiger partial charge < -0.3 is 25.2 Å². The first-order chi connectivity index (χ1) is 18.1. The van der Waals surface area contributed by atoms with Crippen LogP contribution < -0.4 is 10.5 Å². The average molecular weight is 495 g/mol. The minimum absolute atomic E-state index is 0.182. The summed E-state index contributed by atoms with van der Waals surface area (Å²) >= 11 is 0. The van der Waals surface area contributed by atoms with Crippen molar-refractivity contribution in [2.75, 3.05) is 7.11 Å². The van der Waals surface area contributed by atoms with E-state index in [2.05, 4.69) is 15.0 Å². The Labute approximate surface area is 213 Å². The van der Waals surface area contributed by atoms with Crippen LogP contribution in [0.1, 0.15) is 33.6 Å². The Morgan fingerprint density at radius 1 is 1.03 bits per heavy atom. The van der Waals surface area contributed by atoms with Crippen LogP contribution in [0.4, 0.5) is 0 Å². The number of esters is 1. The van der Waals surface area contributed by atoms with Crippen LogP contribution in [-0.2, 0) is 22.5 Å². The quantitative estimate of drug-likeness (QED) is 0.192. The predicted molar refractivity (Wildman–Crippen MR) is 140 cm³/mol. The zero-order chi connectivity index (χ0) is 25.8. The Hall–Kier alpha value is -4.69. The molecule has 0 saturated heterocycles. The summed E-state index contributed by atoms with van der Waals surface area (Å²) in [4.78, 5) is 35.3. The van der Waals surface area contributed by atoms with Gasteiger partial charge in [-0.25, -0.2) is 4.98 Å². The second kappa shape index (κ2) is 10.5. The molecule has 0 amide bonds. The Kier molecular flexibility index (Phi) is 6.83. The number of ketones is 1.